The van der Waals surface area contributed by atoms with Gasteiger partial charge in [-0.2, -0.15) is 0 Å². The molecule has 1 aromatic carbocycles. The molecule has 0 fully saturated rings. The minimum Gasteiger partial charge on any atom is -0.316 e. The number of hydrogen-bond donors (Lipinski definition) is 2. The molecular weight excluding hydrogens is 283 g/mol. The molecule has 0 atom stereocenters. The van der Waals surface area contributed by atoms with Crippen LogP contribution < -0.4 is 10.0 Å². The van der Waals surface area contributed by atoms with E-state index in [0.29, 0.717) is 6.54 Å². The van der Waals surface area contributed by atoms with Crippen LogP contribution in [-0.2, 0) is 10.0 Å². The zero-order valence-corrected chi connectivity index (χ0v) is 11.7. The average molecular weight is 297 g/mol. The van der Waals surface area contributed by atoms with Crippen molar-refractivity contribution < 1.29 is 8.42 Å². The molecule has 17 heavy (non-hydrogen) atoms. The highest BCUT2D eigenvalue weighted by Crippen LogP contribution is 2.30. The van der Waals surface area contributed by atoms with Gasteiger partial charge in [-0.05, 0) is 18.7 Å². The highest BCUT2D eigenvalue weighted by Gasteiger charge is 2.14. The van der Waals surface area contributed by atoms with E-state index >= 15 is 0 Å². The van der Waals surface area contributed by atoms with Crippen molar-refractivity contribution >= 4 is 38.9 Å². The van der Waals surface area contributed by atoms with Crippen LogP contribution in [0.1, 0.15) is 6.92 Å². The summed E-state index contributed by atoms with van der Waals surface area (Å²) in [6, 6.07) is 4.81. The molecule has 0 radical (unpaired) electrons. The van der Waals surface area contributed by atoms with Crippen LogP contribution in [0.2, 0.25) is 10.0 Å². The third-order valence-corrected chi connectivity index (χ3v) is 3.90. The van der Waals surface area contributed by atoms with E-state index in [1.54, 1.807) is 18.2 Å². The van der Waals surface area contributed by atoms with Crippen molar-refractivity contribution in [1.29, 1.82) is 0 Å². The van der Waals surface area contributed by atoms with E-state index < -0.39 is 10.0 Å². The second-order valence-corrected chi connectivity index (χ2v) is 6.03. The van der Waals surface area contributed by atoms with Crippen LogP contribution in [0.25, 0.3) is 0 Å². The van der Waals surface area contributed by atoms with E-state index in [1.807, 2.05) is 6.92 Å². The summed E-state index contributed by atoms with van der Waals surface area (Å²) in [4.78, 5) is 0. The van der Waals surface area contributed by atoms with Gasteiger partial charge in [0.05, 0.1) is 21.5 Å². The van der Waals surface area contributed by atoms with Gasteiger partial charge >= 0.3 is 0 Å². The zero-order valence-electron chi connectivity index (χ0n) is 9.33. The third-order valence-electron chi connectivity index (χ3n) is 2.02. The molecule has 0 aliphatic heterocycles. The van der Waals surface area contributed by atoms with Gasteiger partial charge in [-0.15, -0.1) is 0 Å². The summed E-state index contributed by atoms with van der Waals surface area (Å²) in [5, 5.41) is 3.50. The first-order valence-electron chi connectivity index (χ1n) is 5.11. The van der Waals surface area contributed by atoms with Crippen LogP contribution >= 0.6 is 23.2 Å². The van der Waals surface area contributed by atoms with Crippen molar-refractivity contribution in [3.63, 3.8) is 0 Å². The summed E-state index contributed by atoms with van der Waals surface area (Å²) in [5.41, 5.74) is 0.229. The molecule has 0 bridgehead atoms. The fourth-order valence-corrected chi connectivity index (χ4v) is 2.84. The number of para-hydroxylation sites is 1. The summed E-state index contributed by atoms with van der Waals surface area (Å²) in [5.74, 6) is -0.0254. The Labute approximate surface area is 111 Å². The van der Waals surface area contributed by atoms with E-state index in [2.05, 4.69) is 10.0 Å². The van der Waals surface area contributed by atoms with Crippen LogP contribution in [0, 0.1) is 0 Å². The predicted octanol–water partition coefficient (Wildman–Crippen LogP) is 2.34. The molecule has 4 nitrogen and oxygen atoms in total. The Kier molecular flexibility index (Phi) is 5.52. The van der Waals surface area contributed by atoms with E-state index in [0.717, 1.165) is 6.54 Å². The highest BCUT2D eigenvalue weighted by atomic mass is 35.5. The third kappa shape index (κ3) is 4.71. The number of hydrogen-bond acceptors (Lipinski definition) is 3. The molecule has 0 unspecified atom stereocenters. The molecule has 0 aromatic heterocycles. The molecule has 1 rings (SSSR count). The predicted molar refractivity (Wildman–Crippen MR) is 72.4 cm³/mol. The van der Waals surface area contributed by atoms with E-state index in [9.17, 15) is 8.42 Å². The van der Waals surface area contributed by atoms with Gasteiger partial charge in [-0.3, -0.25) is 4.72 Å². The summed E-state index contributed by atoms with van der Waals surface area (Å²) in [6.07, 6.45) is 0. The normalized spacial score (nSPS) is 11.5. The van der Waals surface area contributed by atoms with Crippen molar-refractivity contribution in [2.24, 2.45) is 0 Å². The quantitative estimate of drug-likeness (QED) is 0.792. The van der Waals surface area contributed by atoms with Gasteiger partial charge in [0.25, 0.3) is 0 Å². The lowest BCUT2D eigenvalue weighted by atomic mass is 10.3. The van der Waals surface area contributed by atoms with Crippen molar-refractivity contribution in [3.05, 3.63) is 28.2 Å². The summed E-state index contributed by atoms with van der Waals surface area (Å²) >= 11 is 11.7. The van der Waals surface area contributed by atoms with Gasteiger partial charge in [0, 0.05) is 6.54 Å². The van der Waals surface area contributed by atoms with Crippen LogP contribution in [0.5, 0.6) is 0 Å². The fraction of sp³-hybridized carbons (Fsp3) is 0.400. The minimum absolute atomic E-state index is 0.0254. The lowest BCUT2D eigenvalue weighted by Crippen LogP contribution is -2.26. The largest absolute Gasteiger partial charge is 0.316 e. The fourth-order valence-electron chi connectivity index (χ4n) is 1.19. The Balaban J connectivity index is 2.76. The molecular formula is C10H14Cl2N2O2S. The van der Waals surface area contributed by atoms with Crippen molar-refractivity contribution in [3.8, 4) is 0 Å². The van der Waals surface area contributed by atoms with Crippen LogP contribution in [0.4, 0.5) is 5.69 Å². The van der Waals surface area contributed by atoms with Crippen LogP contribution in [-0.4, -0.2) is 27.3 Å². The molecule has 7 heteroatoms. The smallest absolute Gasteiger partial charge is 0.234 e. The maximum Gasteiger partial charge on any atom is 0.234 e. The second-order valence-electron chi connectivity index (χ2n) is 3.37. The van der Waals surface area contributed by atoms with E-state index in [-0.39, 0.29) is 21.5 Å². The molecule has 0 aliphatic rings. The molecule has 0 spiro atoms. The molecule has 0 saturated heterocycles. The van der Waals surface area contributed by atoms with Gasteiger partial charge in [0.2, 0.25) is 10.0 Å². The number of benzene rings is 1. The zero-order chi connectivity index (χ0) is 12.9. The lowest BCUT2D eigenvalue weighted by molar-refractivity contribution is 0.597. The van der Waals surface area contributed by atoms with Gasteiger partial charge < -0.3 is 5.32 Å². The van der Waals surface area contributed by atoms with Gasteiger partial charge in [-0.25, -0.2) is 8.42 Å². The Bertz CT molecular complexity index is 457. The molecule has 0 aliphatic carbocycles. The molecule has 0 amide bonds. The van der Waals surface area contributed by atoms with Gasteiger partial charge in [-0.1, -0.05) is 36.2 Å². The average Bonchev–Trinajstić information content (AvgIpc) is 2.24. The van der Waals surface area contributed by atoms with Gasteiger partial charge in [0.15, 0.2) is 0 Å². The molecule has 0 heterocycles. The maximum atomic E-state index is 11.7. The number of halogens is 2. The Morgan fingerprint density at radius 1 is 1.24 bits per heavy atom. The highest BCUT2D eigenvalue weighted by molar-refractivity contribution is 7.92. The van der Waals surface area contributed by atoms with E-state index in [4.69, 9.17) is 23.2 Å². The SMILES string of the molecule is CCNCCS(=O)(=O)Nc1c(Cl)cccc1Cl. The summed E-state index contributed by atoms with van der Waals surface area (Å²) in [7, 11) is -3.43. The van der Waals surface area contributed by atoms with Crippen molar-refractivity contribution in [2.75, 3.05) is 23.6 Å². The molecule has 96 valence electrons. The monoisotopic (exact) mass is 296 g/mol. The Morgan fingerprint density at radius 2 is 1.82 bits per heavy atom. The first-order chi connectivity index (χ1) is 7.96. The molecule has 1 aromatic rings. The van der Waals surface area contributed by atoms with Crippen molar-refractivity contribution in [2.45, 2.75) is 6.92 Å². The number of rotatable bonds is 6. The number of anilines is 1. The Hall–Kier alpha value is -0.490. The topological polar surface area (TPSA) is 58.2 Å². The second kappa shape index (κ2) is 6.44. The first-order valence-corrected chi connectivity index (χ1v) is 7.52. The maximum absolute atomic E-state index is 11.7. The number of sulfonamides is 1. The minimum atomic E-state index is -3.43. The molecule has 2 N–H and O–H groups in total. The summed E-state index contributed by atoms with van der Waals surface area (Å²) in [6.45, 7) is 3.02. The van der Waals surface area contributed by atoms with Crippen molar-refractivity contribution in [1.82, 2.24) is 5.32 Å². The lowest BCUT2D eigenvalue weighted by Gasteiger charge is -2.11. The summed E-state index contributed by atoms with van der Waals surface area (Å²) < 4.78 is 25.8. The van der Waals surface area contributed by atoms with E-state index in [1.165, 1.54) is 0 Å². The molecule has 0 saturated carbocycles. The number of nitrogens with one attached hydrogen (secondary N) is 2. The Morgan fingerprint density at radius 3 is 2.35 bits per heavy atom. The van der Waals surface area contributed by atoms with Gasteiger partial charge in [0.1, 0.15) is 0 Å². The van der Waals surface area contributed by atoms with Crippen LogP contribution in [0.15, 0.2) is 18.2 Å². The standard InChI is InChI=1S/C10H14Cl2N2O2S/c1-2-13-6-7-17(15,16)14-10-8(11)4-3-5-9(10)12/h3-5,13-14H,2,6-7H2,1H3. The first kappa shape index (κ1) is 14.6. The van der Waals surface area contributed by atoms with Crippen LogP contribution in [0.3, 0.4) is 0 Å².